The van der Waals surface area contributed by atoms with Gasteiger partial charge in [0.25, 0.3) is 0 Å². The lowest BCUT2D eigenvalue weighted by Crippen LogP contribution is -2.22. The van der Waals surface area contributed by atoms with E-state index in [4.69, 9.17) is 9.66 Å². The van der Waals surface area contributed by atoms with Gasteiger partial charge in [0.1, 0.15) is 0 Å². The molecule has 0 spiro atoms. The number of thiol groups is 1. The molecule has 7 nitrogen and oxygen atoms in total. The second-order valence-corrected chi connectivity index (χ2v) is 3.64. The molecular formula is C2H6O7S2. The van der Waals surface area contributed by atoms with Crippen LogP contribution in [-0.4, -0.2) is 38.5 Å². The summed E-state index contributed by atoms with van der Waals surface area (Å²) in [4.78, 5) is 0. The summed E-state index contributed by atoms with van der Waals surface area (Å²) in [5, 5.41) is 8.18. The quantitative estimate of drug-likeness (QED) is 0.351. The van der Waals surface area contributed by atoms with Crippen molar-refractivity contribution in [1.82, 2.24) is 0 Å². The molecule has 0 aromatic carbocycles. The summed E-state index contributed by atoms with van der Waals surface area (Å²) < 4.78 is 51.2. The summed E-state index contributed by atoms with van der Waals surface area (Å²) in [6, 6.07) is 0. The zero-order valence-electron chi connectivity index (χ0n) is 5.08. The van der Waals surface area contributed by atoms with E-state index in [0.29, 0.717) is 0 Å². The minimum Gasteiger partial charge on any atom is -0.393 e. The first-order chi connectivity index (χ1) is 4.87. The second kappa shape index (κ2) is 3.97. The predicted molar refractivity (Wildman–Crippen MR) is 33.8 cm³/mol. The monoisotopic (exact) mass is 206 g/mol. The summed E-state index contributed by atoms with van der Waals surface area (Å²) in [6.45, 7) is -1.03. The summed E-state index contributed by atoms with van der Waals surface area (Å²) in [6.07, 6.45) is 0. The Bertz CT molecular complexity index is 265. The van der Waals surface area contributed by atoms with Crippen LogP contribution in [0.25, 0.3) is 0 Å². The van der Waals surface area contributed by atoms with Gasteiger partial charge < -0.3 is 5.11 Å². The van der Waals surface area contributed by atoms with Crippen molar-refractivity contribution in [3.8, 4) is 0 Å². The molecule has 0 saturated heterocycles. The van der Waals surface area contributed by atoms with E-state index in [-0.39, 0.29) is 0 Å². The third-order valence-corrected chi connectivity index (χ3v) is 1.98. The summed E-state index contributed by atoms with van der Waals surface area (Å²) >= 11 is 0. The highest BCUT2D eigenvalue weighted by Gasteiger charge is 2.18. The van der Waals surface area contributed by atoms with Crippen molar-refractivity contribution in [1.29, 1.82) is 0 Å². The van der Waals surface area contributed by atoms with Gasteiger partial charge in [-0.25, -0.2) is 12.6 Å². The fourth-order valence-electron chi connectivity index (χ4n) is 0.273. The van der Waals surface area contributed by atoms with Gasteiger partial charge >= 0.3 is 10.4 Å². The van der Waals surface area contributed by atoms with Crippen LogP contribution < -0.4 is 0 Å². The van der Waals surface area contributed by atoms with Gasteiger partial charge in [-0.15, -0.1) is 0 Å². The molecule has 0 aliphatic rings. The summed E-state index contributed by atoms with van der Waals surface area (Å²) in [7, 11) is -8.06. The fraction of sp³-hybridized carbons (Fsp3) is 1.00. The van der Waals surface area contributed by atoms with E-state index < -0.39 is 33.1 Å². The Kier molecular flexibility index (Phi) is 3.89. The number of hydrogen-bond donors (Lipinski definition) is 3. The molecule has 0 aliphatic carbocycles. The molecule has 11 heavy (non-hydrogen) atoms. The fourth-order valence-corrected chi connectivity index (χ4v) is 1.35. The molecule has 0 amide bonds. The van der Waals surface area contributed by atoms with Crippen LogP contribution in [0.1, 0.15) is 0 Å². The van der Waals surface area contributed by atoms with Crippen molar-refractivity contribution >= 4 is 21.1 Å². The highest BCUT2D eigenvalue weighted by atomic mass is 32.3. The normalized spacial score (nSPS) is 15.2. The van der Waals surface area contributed by atoms with E-state index in [2.05, 4.69) is 4.18 Å². The van der Waals surface area contributed by atoms with Crippen molar-refractivity contribution in [3.63, 3.8) is 0 Å². The van der Waals surface area contributed by atoms with E-state index in [1.807, 2.05) is 0 Å². The second-order valence-electron chi connectivity index (χ2n) is 1.45. The Labute approximate surface area is 64.5 Å². The minimum atomic E-state index is -4.82. The zero-order valence-corrected chi connectivity index (χ0v) is 6.79. The molecule has 9 heteroatoms. The molecule has 0 aliphatic heterocycles. The van der Waals surface area contributed by atoms with E-state index in [1.54, 1.807) is 0 Å². The molecule has 2 N–H and O–H groups in total. The maximum absolute atomic E-state index is 9.98. The smallest absolute Gasteiger partial charge is 0.393 e. The molecule has 0 aromatic heterocycles. The molecule has 1 atom stereocenters. The van der Waals surface area contributed by atoms with Crippen LogP contribution in [0.15, 0.2) is 0 Å². The molecule has 0 fully saturated rings. The van der Waals surface area contributed by atoms with Crippen LogP contribution in [0, 0.1) is 0 Å². The highest BCUT2D eigenvalue weighted by Crippen LogP contribution is 1.96. The Hall–Kier alpha value is -0.220. The average Bonchev–Trinajstić information content (AvgIpc) is 1.80. The van der Waals surface area contributed by atoms with Gasteiger partial charge in [0.15, 0.2) is 10.7 Å². The largest absolute Gasteiger partial charge is 0.398 e. The molecule has 0 radical (unpaired) electrons. The van der Waals surface area contributed by atoms with Gasteiger partial charge in [0.2, 0.25) is 5.44 Å². The van der Waals surface area contributed by atoms with Crippen LogP contribution in [-0.2, 0) is 25.3 Å². The predicted octanol–water partition coefficient (Wildman–Crippen LogP) is -2.26. The van der Waals surface area contributed by atoms with Gasteiger partial charge in [-0.1, -0.05) is 0 Å². The van der Waals surface area contributed by atoms with E-state index in [9.17, 15) is 16.8 Å². The first-order valence-corrected chi connectivity index (χ1v) is 4.88. The van der Waals surface area contributed by atoms with Crippen LogP contribution >= 0.6 is 0 Å². The van der Waals surface area contributed by atoms with Gasteiger partial charge in [0.05, 0.1) is 6.61 Å². The highest BCUT2D eigenvalue weighted by molar-refractivity contribution is 7.82. The van der Waals surface area contributed by atoms with E-state index >= 15 is 0 Å². The van der Waals surface area contributed by atoms with Crippen LogP contribution in [0.5, 0.6) is 0 Å². The van der Waals surface area contributed by atoms with Gasteiger partial charge in [-0.3, -0.25) is 4.55 Å². The van der Waals surface area contributed by atoms with E-state index in [0.717, 1.165) is 0 Å². The SMILES string of the molecule is O=[SH](=O)C(CO)OS(=O)(=O)O. The minimum absolute atomic E-state index is 1.03. The topological polar surface area (TPSA) is 118 Å². The summed E-state index contributed by atoms with van der Waals surface area (Å²) in [5.74, 6) is 0. The van der Waals surface area contributed by atoms with Gasteiger partial charge in [-0.2, -0.15) is 8.42 Å². The zero-order chi connectivity index (χ0) is 9.07. The van der Waals surface area contributed by atoms with Crippen molar-refractivity contribution in [2.45, 2.75) is 5.44 Å². The lowest BCUT2D eigenvalue weighted by atomic mass is 10.8. The third kappa shape index (κ3) is 5.09. The number of rotatable bonds is 4. The molecule has 68 valence electrons. The molecule has 0 saturated carbocycles. The van der Waals surface area contributed by atoms with Gasteiger partial charge in [-0.05, 0) is 0 Å². The standard InChI is InChI=1S/C2H6O7S2/c3-1-2(10(4)5)9-11(6,7)8/h2-3,10H,1H2,(H,6,7,8). The Morgan fingerprint density at radius 1 is 1.45 bits per heavy atom. The Balaban J connectivity index is 4.34. The first kappa shape index (κ1) is 10.8. The van der Waals surface area contributed by atoms with Crippen LogP contribution in [0.4, 0.5) is 0 Å². The van der Waals surface area contributed by atoms with Crippen molar-refractivity contribution in [3.05, 3.63) is 0 Å². The van der Waals surface area contributed by atoms with Crippen molar-refractivity contribution in [2.24, 2.45) is 0 Å². The maximum atomic E-state index is 9.98. The van der Waals surface area contributed by atoms with Crippen molar-refractivity contribution in [2.75, 3.05) is 6.61 Å². The first-order valence-electron chi connectivity index (χ1n) is 2.27. The Morgan fingerprint density at radius 2 is 1.91 bits per heavy atom. The molecule has 1 unspecified atom stereocenters. The molecule has 0 heterocycles. The molecule has 0 rings (SSSR count). The number of aliphatic hydroxyl groups excluding tert-OH is 1. The lowest BCUT2D eigenvalue weighted by molar-refractivity contribution is 0.161. The number of aliphatic hydroxyl groups is 1. The lowest BCUT2D eigenvalue weighted by Gasteiger charge is -2.03. The molecule has 0 aromatic rings. The maximum Gasteiger partial charge on any atom is 0.398 e. The average molecular weight is 206 g/mol. The summed E-state index contributed by atoms with van der Waals surface area (Å²) in [5.41, 5.74) is -1.92. The van der Waals surface area contributed by atoms with E-state index in [1.165, 1.54) is 0 Å². The van der Waals surface area contributed by atoms with Crippen LogP contribution in [0.2, 0.25) is 0 Å². The van der Waals surface area contributed by atoms with Crippen molar-refractivity contribution < 1.29 is 30.7 Å². The molecule has 0 bridgehead atoms. The third-order valence-electron chi connectivity index (χ3n) is 0.624. The van der Waals surface area contributed by atoms with Crippen LogP contribution in [0.3, 0.4) is 0 Å². The number of hydrogen-bond acceptors (Lipinski definition) is 6. The van der Waals surface area contributed by atoms with Gasteiger partial charge in [0, 0.05) is 0 Å². The molecular weight excluding hydrogens is 200 g/mol. The Morgan fingerprint density at radius 3 is 2.00 bits per heavy atom.